The van der Waals surface area contributed by atoms with Gasteiger partial charge in [0.25, 0.3) is 5.91 Å². The highest BCUT2D eigenvalue weighted by atomic mass is 16.3. The van der Waals surface area contributed by atoms with E-state index in [9.17, 15) is 9.90 Å². The number of aliphatic hydroxyl groups is 1. The van der Waals surface area contributed by atoms with E-state index >= 15 is 0 Å². The number of amides is 1. The molecule has 1 aromatic rings. The first kappa shape index (κ1) is 13.1. The van der Waals surface area contributed by atoms with Crippen molar-refractivity contribution < 1.29 is 9.90 Å². The Hall–Kier alpha value is -1.36. The molecular weight excluding hydrogens is 230 g/mol. The second-order valence-electron chi connectivity index (χ2n) is 5.03. The van der Waals surface area contributed by atoms with E-state index in [4.69, 9.17) is 0 Å². The van der Waals surface area contributed by atoms with Gasteiger partial charge in [-0.05, 0) is 25.2 Å². The number of rotatable bonds is 5. The van der Waals surface area contributed by atoms with Gasteiger partial charge in [-0.15, -0.1) is 0 Å². The van der Waals surface area contributed by atoms with E-state index in [1.165, 1.54) is 0 Å². The lowest BCUT2D eigenvalue weighted by molar-refractivity contribution is 0.0885. The van der Waals surface area contributed by atoms with Gasteiger partial charge in [0.05, 0.1) is 12.6 Å². The molecule has 100 valence electrons. The maximum Gasteiger partial charge on any atom is 0.272 e. The van der Waals surface area contributed by atoms with Crippen LogP contribution >= 0.6 is 0 Å². The fourth-order valence-electron chi connectivity index (χ4n) is 2.40. The van der Waals surface area contributed by atoms with E-state index in [2.05, 4.69) is 15.5 Å². The van der Waals surface area contributed by atoms with Crippen molar-refractivity contribution in [2.24, 2.45) is 5.92 Å². The SMILES string of the molecule is CC[C@H](C)[C@@H](CO)NC(=O)c1n[nH]c2c1CCC2. The average Bonchev–Trinajstić information content (AvgIpc) is 2.96. The highest BCUT2D eigenvalue weighted by molar-refractivity contribution is 5.94. The Morgan fingerprint density at radius 2 is 2.33 bits per heavy atom. The molecule has 1 aromatic heterocycles. The summed E-state index contributed by atoms with van der Waals surface area (Å²) >= 11 is 0. The van der Waals surface area contributed by atoms with Crippen molar-refractivity contribution in [3.63, 3.8) is 0 Å². The van der Waals surface area contributed by atoms with E-state index < -0.39 is 0 Å². The Kier molecular flexibility index (Phi) is 4.01. The zero-order chi connectivity index (χ0) is 13.1. The maximum atomic E-state index is 12.2. The highest BCUT2D eigenvalue weighted by Crippen LogP contribution is 2.22. The number of aromatic nitrogens is 2. The van der Waals surface area contributed by atoms with Gasteiger partial charge in [-0.25, -0.2) is 0 Å². The first-order chi connectivity index (χ1) is 8.67. The molecule has 3 N–H and O–H groups in total. The smallest absolute Gasteiger partial charge is 0.272 e. The lowest BCUT2D eigenvalue weighted by atomic mass is 9.99. The molecule has 5 heteroatoms. The predicted molar refractivity (Wildman–Crippen MR) is 68.4 cm³/mol. The summed E-state index contributed by atoms with van der Waals surface area (Å²) in [5, 5.41) is 19.2. The molecule has 0 saturated heterocycles. The summed E-state index contributed by atoms with van der Waals surface area (Å²) in [5.41, 5.74) is 2.64. The maximum absolute atomic E-state index is 12.2. The lowest BCUT2D eigenvalue weighted by Gasteiger charge is -2.21. The van der Waals surface area contributed by atoms with Crippen LogP contribution in [0.5, 0.6) is 0 Å². The number of fused-ring (bicyclic) bond motifs is 1. The number of aliphatic hydroxyl groups excluding tert-OH is 1. The molecule has 1 heterocycles. The van der Waals surface area contributed by atoms with Crippen LogP contribution in [0.3, 0.4) is 0 Å². The Balaban J connectivity index is 2.07. The summed E-state index contributed by atoms with van der Waals surface area (Å²) in [6, 6.07) is -0.198. The van der Waals surface area contributed by atoms with Gasteiger partial charge in [-0.3, -0.25) is 9.89 Å². The van der Waals surface area contributed by atoms with E-state index in [1.807, 2.05) is 13.8 Å². The van der Waals surface area contributed by atoms with Crippen LogP contribution in [0.4, 0.5) is 0 Å². The van der Waals surface area contributed by atoms with Crippen molar-refractivity contribution in [2.75, 3.05) is 6.61 Å². The van der Waals surface area contributed by atoms with Crippen LogP contribution in [0.2, 0.25) is 0 Å². The molecule has 0 unspecified atom stereocenters. The molecule has 5 nitrogen and oxygen atoms in total. The van der Waals surface area contributed by atoms with E-state index in [0.29, 0.717) is 5.69 Å². The molecule has 1 aliphatic carbocycles. The number of carbonyl (C=O) groups excluding carboxylic acids is 1. The van der Waals surface area contributed by atoms with Crippen LogP contribution in [0.1, 0.15) is 48.4 Å². The number of H-pyrrole nitrogens is 1. The van der Waals surface area contributed by atoms with Crippen molar-refractivity contribution in [3.8, 4) is 0 Å². The molecule has 18 heavy (non-hydrogen) atoms. The summed E-state index contributed by atoms with van der Waals surface area (Å²) in [6.07, 6.45) is 3.90. The van der Waals surface area contributed by atoms with Crippen LogP contribution in [-0.2, 0) is 12.8 Å². The summed E-state index contributed by atoms with van der Waals surface area (Å²) in [4.78, 5) is 12.2. The van der Waals surface area contributed by atoms with E-state index in [0.717, 1.165) is 36.9 Å². The van der Waals surface area contributed by atoms with Gasteiger partial charge >= 0.3 is 0 Å². The zero-order valence-electron chi connectivity index (χ0n) is 11.0. The second kappa shape index (κ2) is 5.52. The van der Waals surface area contributed by atoms with Crippen LogP contribution in [-0.4, -0.2) is 33.9 Å². The minimum atomic E-state index is -0.198. The van der Waals surface area contributed by atoms with Gasteiger partial charge in [0.1, 0.15) is 0 Å². The molecule has 0 spiro atoms. The van der Waals surface area contributed by atoms with Crippen molar-refractivity contribution in [2.45, 2.75) is 45.6 Å². The molecule has 1 amide bonds. The molecule has 0 aliphatic heterocycles. The average molecular weight is 251 g/mol. The lowest BCUT2D eigenvalue weighted by Crippen LogP contribution is -2.42. The van der Waals surface area contributed by atoms with Crippen LogP contribution < -0.4 is 5.32 Å². The normalized spacial score (nSPS) is 17.3. The number of nitrogens with one attached hydrogen (secondary N) is 2. The van der Waals surface area contributed by atoms with Gasteiger partial charge in [-0.1, -0.05) is 20.3 Å². The third-order valence-electron chi connectivity index (χ3n) is 3.87. The molecule has 0 saturated carbocycles. The summed E-state index contributed by atoms with van der Waals surface area (Å²) in [6.45, 7) is 4.04. The van der Waals surface area contributed by atoms with Crippen LogP contribution in [0, 0.1) is 5.92 Å². The Morgan fingerprint density at radius 3 is 3.00 bits per heavy atom. The van der Waals surface area contributed by atoms with Gasteiger partial charge in [-0.2, -0.15) is 5.10 Å². The third kappa shape index (κ3) is 2.41. The topological polar surface area (TPSA) is 78.0 Å². The molecule has 0 fully saturated rings. The van der Waals surface area contributed by atoms with Crippen LogP contribution in [0.15, 0.2) is 0 Å². The Morgan fingerprint density at radius 1 is 1.56 bits per heavy atom. The van der Waals surface area contributed by atoms with Gasteiger partial charge in [0.2, 0.25) is 0 Å². The summed E-state index contributed by atoms with van der Waals surface area (Å²) in [5.74, 6) is 0.0830. The Labute approximate surface area is 107 Å². The van der Waals surface area contributed by atoms with Gasteiger partial charge < -0.3 is 10.4 Å². The molecule has 2 rings (SSSR count). The van der Waals surface area contributed by atoms with Crippen LogP contribution in [0.25, 0.3) is 0 Å². The van der Waals surface area contributed by atoms with Crippen molar-refractivity contribution in [1.82, 2.24) is 15.5 Å². The van der Waals surface area contributed by atoms with Crippen molar-refractivity contribution in [3.05, 3.63) is 17.0 Å². The first-order valence-corrected chi connectivity index (χ1v) is 6.65. The third-order valence-corrected chi connectivity index (χ3v) is 3.87. The number of nitrogens with zero attached hydrogens (tertiary/aromatic N) is 1. The fraction of sp³-hybridized carbons (Fsp3) is 0.692. The van der Waals surface area contributed by atoms with E-state index in [1.54, 1.807) is 0 Å². The fourth-order valence-corrected chi connectivity index (χ4v) is 2.40. The van der Waals surface area contributed by atoms with Gasteiger partial charge in [0.15, 0.2) is 5.69 Å². The van der Waals surface area contributed by atoms with Gasteiger partial charge in [0, 0.05) is 11.3 Å². The standard InChI is InChI=1S/C13H21N3O2/c1-3-8(2)11(7-17)14-13(18)12-9-5-4-6-10(9)15-16-12/h8,11,17H,3-7H2,1-2H3,(H,14,18)(H,15,16)/t8-,11+/m0/s1. The number of hydrogen-bond acceptors (Lipinski definition) is 3. The summed E-state index contributed by atoms with van der Waals surface area (Å²) in [7, 11) is 0. The molecule has 0 aromatic carbocycles. The molecular formula is C13H21N3O2. The zero-order valence-corrected chi connectivity index (χ0v) is 11.0. The minimum Gasteiger partial charge on any atom is -0.394 e. The number of hydrogen-bond donors (Lipinski definition) is 3. The Bertz CT molecular complexity index is 428. The molecule has 0 radical (unpaired) electrons. The molecule has 0 bridgehead atoms. The van der Waals surface area contributed by atoms with E-state index in [-0.39, 0.29) is 24.5 Å². The van der Waals surface area contributed by atoms with Crippen molar-refractivity contribution >= 4 is 5.91 Å². The molecule has 1 aliphatic rings. The highest BCUT2D eigenvalue weighted by Gasteiger charge is 2.25. The minimum absolute atomic E-state index is 0.0344. The van der Waals surface area contributed by atoms with Crippen molar-refractivity contribution in [1.29, 1.82) is 0 Å². The summed E-state index contributed by atoms with van der Waals surface area (Å²) < 4.78 is 0. The number of aromatic amines is 1. The quantitative estimate of drug-likeness (QED) is 0.731. The number of aryl methyl sites for hydroxylation is 1. The first-order valence-electron chi connectivity index (χ1n) is 6.65. The second-order valence-corrected chi connectivity index (χ2v) is 5.03. The largest absolute Gasteiger partial charge is 0.394 e. The molecule has 2 atom stereocenters. The monoisotopic (exact) mass is 251 g/mol. The predicted octanol–water partition coefficient (Wildman–Crippen LogP) is 1.04. The number of carbonyl (C=O) groups is 1.